The number of rotatable bonds is 4. The molecule has 2 atom stereocenters. The topological polar surface area (TPSA) is 75.4 Å². The van der Waals surface area contributed by atoms with Crippen LogP contribution in [0.4, 0.5) is 0 Å². The Kier molecular flexibility index (Phi) is 3.64. The zero-order chi connectivity index (χ0) is 13.1. The van der Waals surface area contributed by atoms with Crippen LogP contribution in [0.1, 0.15) is 32.4 Å². The number of piperazine rings is 1. The fourth-order valence-electron chi connectivity index (χ4n) is 2.19. The maximum absolute atomic E-state index is 12.3. The quantitative estimate of drug-likeness (QED) is 0.854. The zero-order valence-electron chi connectivity index (χ0n) is 10.5. The van der Waals surface area contributed by atoms with Crippen LogP contribution >= 0.6 is 0 Å². The lowest BCUT2D eigenvalue weighted by atomic mass is 10.0. The molecule has 6 nitrogen and oxygen atoms in total. The van der Waals surface area contributed by atoms with Gasteiger partial charge in [-0.2, -0.15) is 0 Å². The van der Waals surface area contributed by atoms with Crippen molar-refractivity contribution in [3.05, 3.63) is 18.0 Å². The van der Waals surface area contributed by atoms with Gasteiger partial charge in [-0.05, 0) is 12.8 Å². The van der Waals surface area contributed by atoms with Crippen LogP contribution in [-0.4, -0.2) is 34.0 Å². The number of carbonyl (C=O) groups is 2. The van der Waals surface area contributed by atoms with Gasteiger partial charge in [0.05, 0.1) is 6.54 Å². The lowest BCUT2D eigenvalue weighted by Crippen LogP contribution is -2.62. The second-order valence-electron chi connectivity index (χ2n) is 4.35. The second kappa shape index (κ2) is 5.20. The highest BCUT2D eigenvalue weighted by Gasteiger charge is 2.38. The van der Waals surface area contributed by atoms with E-state index in [0.29, 0.717) is 25.1 Å². The van der Waals surface area contributed by atoms with E-state index in [1.54, 1.807) is 11.0 Å². The molecule has 1 aromatic rings. The molecule has 0 saturated carbocycles. The fraction of sp³-hybridized carbons (Fsp3) is 0.583. The average molecular weight is 251 g/mol. The number of hydrogen-bond donors (Lipinski definition) is 1. The molecule has 2 unspecified atom stereocenters. The minimum absolute atomic E-state index is 0.0491. The van der Waals surface area contributed by atoms with E-state index < -0.39 is 12.1 Å². The minimum Gasteiger partial charge on any atom is -0.364 e. The van der Waals surface area contributed by atoms with Crippen LogP contribution < -0.4 is 5.32 Å². The van der Waals surface area contributed by atoms with E-state index in [0.717, 1.165) is 0 Å². The summed E-state index contributed by atoms with van der Waals surface area (Å²) in [5, 5.41) is 6.54. The van der Waals surface area contributed by atoms with Gasteiger partial charge in [0.2, 0.25) is 11.8 Å². The SMILES string of the molecule is CCC1NC(=O)C(CC)N(Cc2ccon2)C1=O. The van der Waals surface area contributed by atoms with Crippen LogP contribution in [0, 0.1) is 0 Å². The lowest BCUT2D eigenvalue weighted by Gasteiger charge is -2.37. The summed E-state index contributed by atoms with van der Waals surface area (Å²) in [6, 6.07) is 0.859. The lowest BCUT2D eigenvalue weighted by molar-refractivity contribution is -0.150. The predicted octanol–water partition coefficient (Wildman–Crippen LogP) is 0.690. The molecule has 0 bridgehead atoms. The summed E-state index contributed by atoms with van der Waals surface area (Å²) in [5.74, 6) is -0.139. The zero-order valence-corrected chi connectivity index (χ0v) is 10.5. The summed E-state index contributed by atoms with van der Waals surface area (Å²) in [6.07, 6.45) is 2.64. The van der Waals surface area contributed by atoms with E-state index in [-0.39, 0.29) is 11.8 Å². The maximum atomic E-state index is 12.3. The van der Waals surface area contributed by atoms with Crippen LogP contribution in [0.25, 0.3) is 0 Å². The molecular weight excluding hydrogens is 234 g/mol. The van der Waals surface area contributed by atoms with Crippen LogP contribution in [-0.2, 0) is 16.1 Å². The molecule has 2 amide bonds. The third-order valence-electron chi connectivity index (χ3n) is 3.20. The molecule has 2 heterocycles. The highest BCUT2D eigenvalue weighted by atomic mass is 16.5. The molecule has 0 spiro atoms. The molecule has 1 fully saturated rings. The molecule has 0 radical (unpaired) electrons. The molecule has 1 aliphatic heterocycles. The first-order chi connectivity index (χ1) is 8.67. The molecule has 6 heteroatoms. The Hall–Kier alpha value is -1.85. The van der Waals surface area contributed by atoms with E-state index in [1.807, 2.05) is 13.8 Å². The van der Waals surface area contributed by atoms with Gasteiger partial charge < -0.3 is 14.7 Å². The minimum atomic E-state index is -0.424. The van der Waals surface area contributed by atoms with Crippen LogP contribution in [0.2, 0.25) is 0 Å². The van der Waals surface area contributed by atoms with Crippen molar-refractivity contribution in [1.82, 2.24) is 15.4 Å². The van der Waals surface area contributed by atoms with Gasteiger partial charge in [-0.25, -0.2) is 0 Å². The van der Waals surface area contributed by atoms with E-state index >= 15 is 0 Å². The number of nitrogens with zero attached hydrogens (tertiary/aromatic N) is 2. The molecule has 1 aliphatic rings. The maximum Gasteiger partial charge on any atom is 0.246 e. The third-order valence-corrected chi connectivity index (χ3v) is 3.20. The Morgan fingerprint density at radius 2 is 2.17 bits per heavy atom. The molecular formula is C12H17N3O3. The number of carbonyl (C=O) groups excluding carboxylic acids is 2. The van der Waals surface area contributed by atoms with Gasteiger partial charge in [-0.1, -0.05) is 19.0 Å². The molecule has 2 rings (SSSR count). The standard InChI is InChI=1S/C12H17N3O3/c1-3-9-12(17)15(7-8-5-6-18-14-8)10(4-2)11(16)13-9/h5-6,9-10H,3-4,7H2,1-2H3,(H,13,16). The Labute approximate surface area is 105 Å². The Morgan fingerprint density at radius 1 is 1.39 bits per heavy atom. The Balaban J connectivity index is 2.20. The van der Waals surface area contributed by atoms with Gasteiger partial charge in [-0.15, -0.1) is 0 Å². The summed E-state index contributed by atoms with van der Waals surface area (Å²) < 4.78 is 4.75. The van der Waals surface area contributed by atoms with Gasteiger partial charge in [-0.3, -0.25) is 9.59 Å². The van der Waals surface area contributed by atoms with E-state index in [2.05, 4.69) is 10.5 Å². The Morgan fingerprint density at radius 3 is 2.72 bits per heavy atom. The van der Waals surface area contributed by atoms with Crippen molar-refractivity contribution in [2.24, 2.45) is 0 Å². The van der Waals surface area contributed by atoms with Crippen LogP contribution in [0.15, 0.2) is 16.9 Å². The summed E-state index contributed by atoms with van der Waals surface area (Å²) in [5.41, 5.74) is 0.659. The van der Waals surface area contributed by atoms with Gasteiger partial charge in [0.25, 0.3) is 0 Å². The van der Waals surface area contributed by atoms with Crippen LogP contribution in [0.5, 0.6) is 0 Å². The van der Waals surface area contributed by atoms with Crippen LogP contribution in [0.3, 0.4) is 0 Å². The van der Waals surface area contributed by atoms with E-state index in [4.69, 9.17) is 4.52 Å². The molecule has 1 saturated heterocycles. The Bertz CT molecular complexity index is 430. The third kappa shape index (κ3) is 2.23. The fourth-order valence-corrected chi connectivity index (χ4v) is 2.19. The average Bonchev–Trinajstić information content (AvgIpc) is 2.86. The normalized spacial score (nSPS) is 24.2. The van der Waals surface area contributed by atoms with Crippen molar-refractivity contribution in [2.45, 2.75) is 45.3 Å². The first-order valence-electron chi connectivity index (χ1n) is 6.17. The summed E-state index contributed by atoms with van der Waals surface area (Å²) >= 11 is 0. The largest absolute Gasteiger partial charge is 0.364 e. The number of hydrogen-bond acceptors (Lipinski definition) is 4. The first kappa shape index (κ1) is 12.6. The monoisotopic (exact) mass is 251 g/mol. The van der Waals surface area contributed by atoms with Gasteiger partial charge in [0.15, 0.2) is 0 Å². The smallest absolute Gasteiger partial charge is 0.246 e. The molecule has 0 aliphatic carbocycles. The van der Waals surface area contributed by atoms with Gasteiger partial charge in [0, 0.05) is 6.07 Å². The highest BCUT2D eigenvalue weighted by molar-refractivity contribution is 5.96. The number of amides is 2. The van der Waals surface area contributed by atoms with Crippen molar-refractivity contribution in [3.8, 4) is 0 Å². The second-order valence-corrected chi connectivity index (χ2v) is 4.35. The van der Waals surface area contributed by atoms with E-state index in [9.17, 15) is 9.59 Å². The van der Waals surface area contributed by atoms with E-state index in [1.165, 1.54) is 6.26 Å². The molecule has 1 aromatic heterocycles. The molecule has 98 valence electrons. The van der Waals surface area contributed by atoms with Crippen molar-refractivity contribution in [3.63, 3.8) is 0 Å². The molecule has 0 aromatic carbocycles. The summed E-state index contributed by atoms with van der Waals surface area (Å²) in [7, 11) is 0. The van der Waals surface area contributed by atoms with Gasteiger partial charge in [0.1, 0.15) is 24.0 Å². The highest BCUT2D eigenvalue weighted by Crippen LogP contribution is 2.17. The summed E-state index contributed by atoms with van der Waals surface area (Å²) in [6.45, 7) is 4.08. The number of aromatic nitrogens is 1. The van der Waals surface area contributed by atoms with Crippen molar-refractivity contribution in [2.75, 3.05) is 0 Å². The molecule has 1 N–H and O–H groups in total. The van der Waals surface area contributed by atoms with Crippen molar-refractivity contribution >= 4 is 11.8 Å². The number of nitrogens with one attached hydrogen (secondary N) is 1. The summed E-state index contributed by atoms with van der Waals surface area (Å²) in [4.78, 5) is 25.8. The predicted molar refractivity (Wildman–Crippen MR) is 63.4 cm³/mol. The van der Waals surface area contributed by atoms with Crippen molar-refractivity contribution < 1.29 is 14.1 Å². The van der Waals surface area contributed by atoms with Gasteiger partial charge >= 0.3 is 0 Å². The molecule has 18 heavy (non-hydrogen) atoms. The van der Waals surface area contributed by atoms with Crippen molar-refractivity contribution in [1.29, 1.82) is 0 Å². The first-order valence-corrected chi connectivity index (χ1v) is 6.17.